The van der Waals surface area contributed by atoms with Gasteiger partial charge >= 0.3 is 0 Å². The minimum absolute atomic E-state index is 0. The van der Waals surface area contributed by atoms with Crippen molar-refractivity contribution in [1.82, 2.24) is 6.15 Å². The van der Waals surface area contributed by atoms with Gasteiger partial charge in [0.1, 0.15) is 0 Å². The third kappa shape index (κ3) is 2.20. The molecule has 1 rings (SSSR count). The summed E-state index contributed by atoms with van der Waals surface area (Å²) in [6, 6.07) is 4.43. The zero-order valence-corrected chi connectivity index (χ0v) is 10.1. The van der Waals surface area contributed by atoms with Crippen molar-refractivity contribution in [2.75, 3.05) is 0 Å². The average Bonchev–Trinajstić information content (AvgIpc) is 2.01. The van der Waals surface area contributed by atoms with Crippen molar-refractivity contribution in [2.24, 2.45) is 0 Å². The molecule has 0 bridgehead atoms. The second-order valence-electron chi connectivity index (χ2n) is 2.93. The van der Waals surface area contributed by atoms with Gasteiger partial charge in [0, 0.05) is 4.43 Å². The van der Waals surface area contributed by atoms with Crippen LogP contribution in [0.2, 0.25) is 0 Å². The van der Waals surface area contributed by atoms with Crippen molar-refractivity contribution in [3.8, 4) is 0 Å². The van der Waals surface area contributed by atoms with Gasteiger partial charge in [-0.15, -0.1) is 0 Å². The zero-order chi connectivity index (χ0) is 8.43. The number of alkyl halides is 1. The molecule has 68 valence electrons. The normalized spacial score (nSPS) is 9.33. The van der Waals surface area contributed by atoms with Gasteiger partial charge < -0.3 is 6.15 Å². The predicted molar refractivity (Wildman–Crippen MR) is 63.4 cm³/mol. The van der Waals surface area contributed by atoms with E-state index in [1.807, 2.05) is 0 Å². The largest absolute Gasteiger partial charge is 0.344 e. The summed E-state index contributed by atoms with van der Waals surface area (Å²) in [5.74, 6) is 0. The van der Waals surface area contributed by atoms with Gasteiger partial charge in [0.2, 0.25) is 0 Å². The van der Waals surface area contributed by atoms with Crippen LogP contribution < -0.4 is 6.15 Å². The molecule has 0 saturated carbocycles. The Morgan fingerprint density at radius 1 is 1.08 bits per heavy atom. The van der Waals surface area contributed by atoms with Crippen molar-refractivity contribution in [3.05, 3.63) is 34.4 Å². The lowest BCUT2D eigenvalue weighted by molar-refractivity contribution is 1.21. The monoisotopic (exact) mass is 277 g/mol. The molecule has 1 aromatic rings. The topological polar surface area (TPSA) is 35.0 Å². The van der Waals surface area contributed by atoms with Crippen LogP contribution in [-0.2, 0) is 4.43 Å². The van der Waals surface area contributed by atoms with Gasteiger partial charge in [-0.25, -0.2) is 0 Å². The summed E-state index contributed by atoms with van der Waals surface area (Å²) in [6.07, 6.45) is 0. The van der Waals surface area contributed by atoms with Crippen LogP contribution in [0.1, 0.15) is 22.3 Å². The van der Waals surface area contributed by atoms with Crippen LogP contribution in [0.4, 0.5) is 0 Å². The van der Waals surface area contributed by atoms with Crippen molar-refractivity contribution in [1.29, 1.82) is 0 Å². The lowest BCUT2D eigenvalue weighted by Gasteiger charge is -2.08. The SMILES string of the molecule is Cc1ccc(CI)c(C)c1C.N. The van der Waals surface area contributed by atoms with Gasteiger partial charge in [-0.1, -0.05) is 34.7 Å². The first-order valence-electron chi connectivity index (χ1n) is 3.78. The minimum Gasteiger partial charge on any atom is -0.344 e. The molecule has 0 spiro atoms. The molecule has 0 aliphatic heterocycles. The Morgan fingerprint density at radius 3 is 2.17 bits per heavy atom. The number of aryl methyl sites for hydroxylation is 1. The van der Waals surface area contributed by atoms with Gasteiger partial charge in [0.05, 0.1) is 0 Å². The molecule has 3 N–H and O–H groups in total. The summed E-state index contributed by atoms with van der Waals surface area (Å²) in [5.41, 5.74) is 5.77. The van der Waals surface area contributed by atoms with Gasteiger partial charge in [-0.3, -0.25) is 0 Å². The Balaban J connectivity index is 0.00000121. The van der Waals surface area contributed by atoms with Crippen LogP contribution in [0, 0.1) is 20.8 Å². The van der Waals surface area contributed by atoms with Crippen LogP contribution >= 0.6 is 22.6 Å². The molecule has 0 atom stereocenters. The molecule has 0 unspecified atom stereocenters. The van der Waals surface area contributed by atoms with E-state index in [4.69, 9.17) is 0 Å². The smallest absolute Gasteiger partial charge is 0.0249 e. The quantitative estimate of drug-likeness (QED) is 0.616. The zero-order valence-electron chi connectivity index (χ0n) is 7.95. The summed E-state index contributed by atoms with van der Waals surface area (Å²) < 4.78 is 1.12. The van der Waals surface area contributed by atoms with Gasteiger partial charge in [0.25, 0.3) is 0 Å². The first-order chi connectivity index (χ1) is 5.16. The molecule has 2 heteroatoms. The standard InChI is InChI=1S/C10H13I.H3N/c1-7-4-5-10(6-11)9(3)8(7)2;/h4-5H,6H2,1-3H3;1H3. The molecular formula is C10H16IN. The number of halogens is 1. The van der Waals surface area contributed by atoms with Crippen LogP contribution in [0.25, 0.3) is 0 Å². The van der Waals surface area contributed by atoms with E-state index < -0.39 is 0 Å². The van der Waals surface area contributed by atoms with Crippen LogP contribution in [0.15, 0.2) is 12.1 Å². The minimum atomic E-state index is 0. The number of benzene rings is 1. The lowest BCUT2D eigenvalue weighted by atomic mass is 10.0. The summed E-state index contributed by atoms with van der Waals surface area (Å²) >= 11 is 2.41. The Kier molecular flexibility index (Phi) is 4.78. The van der Waals surface area contributed by atoms with Crippen molar-refractivity contribution in [2.45, 2.75) is 25.2 Å². The predicted octanol–water partition coefficient (Wildman–Crippen LogP) is 3.71. The first-order valence-corrected chi connectivity index (χ1v) is 5.31. The first kappa shape index (κ1) is 11.9. The van der Waals surface area contributed by atoms with E-state index in [2.05, 4.69) is 55.5 Å². The van der Waals surface area contributed by atoms with E-state index in [-0.39, 0.29) is 6.15 Å². The fourth-order valence-electron chi connectivity index (χ4n) is 1.16. The Bertz CT molecular complexity index is 269. The Hall–Kier alpha value is -0.0900. The summed E-state index contributed by atoms with van der Waals surface area (Å²) in [7, 11) is 0. The Morgan fingerprint density at radius 2 is 1.67 bits per heavy atom. The van der Waals surface area contributed by atoms with E-state index in [9.17, 15) is 0 Å². The maximum absolute atomic E-state index is 2.41. The molecule has 1 aromatic carbocycles. The Labute approximate surface area is 88.3 Å². The van der Waals surface area contributed by atoms with E-state index in [0.717, 1.165) is 4.43 Å². The fourth-order valence-corrected chi connectivity index (χ4v) is 1.98. The molecule has 0 saturated heterocycles. The number of hydrogen-bond donors (Lipinski definition) is 1. The maximum atomic E-state index is 2.41. The molecule has 0 aromatic heterocycles. The average molecular weight is 277 g/mol. The van der Waals surface area contributed by atoms with E-state index in [1.165, 1.54) is 22.3 Å². The third-order valence-electron chi connectivity index (χ3n) is 2.31. The molecule has 1 nitrogen and oxygen atoms in total. The van der Waals surface area contributed by atoms with Gasteiger partial charge in [0.15, 0.2) is 0 Å². The van der Waals surface area contributed by atoms with Crippen LogP contribution in [0.5, 0.6) is 0 Å². The van der Waals surface area contributed by atoms with E-state index in [1.54, 1.807) is 0 Å². The summed E-state index contributed by atoms with van der Waals surface area (Å²) in [5, 5.41) is 0. The lowest BCUT2D eigenvalue weighted by Crippen LogP contribution is -1.91. The number of hydrogen-bond acceptors (Lipinski definition) is 1. The van der Waals surface area contributed by atoms with Crippen LogP contribution in [0.3, 0.4) is 0 Å². The molecule has 0 radical (unpaired) electrons. The molecule has 0 aliphatic carbocycles. The molecule has 0 heterocycles. The van der Waals surface area contributed by atoms with E-state index in [0.29, 0.717) is 0 Å². The van der Waals surface area contributed by atoms with Gasteiger partial charge in [-0.2, -0.15) is 0 Å². The fraction of sp³-hybridized carbons (Fsp3) is 0.400. The molecular weight excluding hydrogens is 261 g/mol. The second-order valence-corrected chi connectivity index (χ2v) is 3.69. The summed E-state index contributed by atoms with van der Waals surface area (Å²) in [6.45, 7) is 6.57. The second kappa shape index (κ2) is 4.82. The highest BCUT2D eigenvalue weighted by atomic mass is 127. The highest BCUT2D eigenvalue weighted by molar-refractivity contribution is 14.1. The maximum Gasteiger partial charge on any atom is 0.0249 e. The van der Waals surface area contributed by atoms with Crippen molar-refractivity contribution < 1.29 is 0 Å². The van der Waals surface area contributed by atoms with Crippen LogP contribution in [-0.4, -0.2) is 0 Å². The molecule has 0 fully saturated rings. The highest BCUT2D eigenvalue weighted by Gasteiger charge is 2.00. The highest BCUT2D eigenvalue weighted by Crippen LogP contribution is 2.18. The number of rotatable bonds is 1. The van der Waals surface area contributed by atoms with Crippen molar-refractivity contribution >= 4 is 22.6 Å². The van der Waals surface area contributed by atoms with Crippen molar-refractivity contribution in [3.63, 3.8) is 0 Å². The van der Waals surface area contributed by atoms with Gasteiger partial charge in [-0.05, 0) is 43.0 Å². The molecule has 0 amide bonds. The van der Waals surface area contributed by atoms with E-state index >= 15 is 0 Å². The summed E-state index contributed by atoms with van der Waals surface area (Å²) in [4.78, 5) is 0. The third-order valence-corrected chi connectivity index (χ3v) is 3.14. The molecule has 12 heavy (non-hydrogen) atoms. The molecule has 0 aliphatic rings.